The van der Waals surface area contributed by atoms with Crippen molar-refractivity contribution in [1.29, 1.82) is 21.0 Å². The second-order valence-electron chi connectivity index (χ2n) is 4.18. The SMILES string of the molecule is CCCC1CCC(C#N)(C#N)C1(C#N)C#N. The van der Waals surface area contributed by atoms with Gasteiger partial charge < -0.3 is 0 Å². The van der Waals surface area contributed by atoms with Crippen LogP contribution in [-0.4, -0.2) is 0 Å². The van der Waals surface area contributed by atoms with Crippen LogP contribution in [0.4, 0.5) is 0 Å². The van der Waals surface area contributed by atoms with E-state index in [0.717, 1.165) is 6.42 Å². The lowest BCUT2D eigenvalue weighted by molar-refractivity contribution is 0.266. The zero-order valence-corrected chi connectivity index (χ0v) is 9.19. The Hall–Kier alpha value is -2.04. The molecule has 1 saturated carbocycles. The minimum Gasteiger partial charge on any atom is -0.196 e. The molecule has 4 heteroatoms. The zero-order chi connectivity index (χ0) is 12.2. The lowest BCUT2D eigenvalue weighted by Crippen LogP contribution is -2.37. The Kier molecular flexibility index (Phi) is 3.17. The van der Waals surface area contributed by atoms with E-state index in [1.807, 2.05) is 31.2 Å². The van der Waals surface area contributed by atoms with Crippen LogP contribution in [-0.2, 0) is 0 Å². The van der Waals surface area contributed by atoms with Crippen molar-refractivity contribution < 1.29 is 0 Å². The maximum Gasteiger partial charge on any atom is 0.178 e. The van der Waals surface area contributed by atoms with Crippen LogP contribution >= 0.6 is 0 Å². The fourth-order valence-electron chi connectivity index (χ4n) is 2.57. The van der Waals surface area contributed by atoms with Gasteiger partial charge in [-0.2, -0.15) is 21.0 Å². The van der Waals surface area contributed by atoms with Gasteiger partial charge in [-0.3, -0.25) is 0 Å². The highest BCUT2D eigenvalue weighted by Crippen LogP contribution is 2.56. The number of hydrogen-bond acceptors (Lipinski definition) is 4. The summed E-state index contributed by atoms with van der Waals surface area (Å²) >= 11 is 0. The van der Waals surface area contributed by atoms with Crippen LogP contribution in [0.3, 0.4) is 0 Å². The van der Waals surface area contributed by atoms with Crippen LogP contribution < -0.4 is 0 Å². The van der Waals surface area contributed by atoms with Gasteiger partial charge in [0.25, 0.3) is 0 Å². The smallest absolute Gasteiger partial charge is 0.178 e. The molecule has 1 aliphatic carbocycles. The Morgan fingerprint density at radius 3 is 2.00 bits per heavy atom. The molecule has 1 fully saturated rings. The lowest BCUT2D eigenvalue weighted by atomic mass is 9.64. The molecule has 1 atom stereocenters. The maximum absolute atomic E-state index is 9.24. The van der Waals surface area contributed by atoms with Crippen molar-refractivity contribution in [3.05, 3.63) is 0 Å². The normalized spacial score (nSPS) is 24.7. The van der Waals surface area contributed by atoms with Crippen LogP contribution in [0.2, 0.25) is 0 Å². The van der Waals surface area contributed by atoms with E-state index in [1.165, 1.54) is 0 Å². The first kappa shape index (κ1) is 12.0. The third kappa shape index (κ3) is 1.25. The van der Waals surface area contributed by atoms with Crippen LogP contribution in [0.25, 0.3) is 0 Å². The van der Waals surface area contributed by atoms with E-state index in [9.17, 15) is 10.5 Å². The molecule has 0 amide bonds. The molecule has 80 valence electrons. The van der Waals surface area contributed by atoms with Gasteiger partial charge in [0.15, 0.2) is 10.8 Å². The Bertz CT molecular complexity index is 410. The van der Waals surface area contributed by atoms with Gasteiger partial charge in [-0.05, 0) is 25.2 Å². The first-order valence-corrected chi connectivity index (χ1v) is 5.31. The van der Waals surface area contributed by atoms with Gasteiger partial charge in [0.1, 0.15) is 0 Å². The molecule has 1 rings (SSSR count). The van der Waals surface area contributed by atoms with E-state index in [4.69, 9.17) is 10.5 Å². The van der Waals surface area contributed by atoms with Crippen molar-refractivity contribution >= 4 is 0 Å². The second-order valence-corrected chi connectivity index (χ2v) is 4.18. The van der Waals surface area contributed by atoms with Gasteiger partial charge in [0.05, 0.1) is 24.3 Å². The molecule has 16 heavy (non-hydrogen) atoms. The molecule has 0 spiro atoms. The molecule has 0 aliphatic heterocycles. The van der Waals surface area contributed by atoms with Gasteiger partial charge in [-0.15, -0.1) is 0 Å². The summed E-state index contributed by atoms with van der Waals surface area (Å²) in [5, 5.41) is 36.7. The summed E-state index contributed by atoms with van der Waals surface area (Å²) in [5.41, 5.74) is -2.90. The highest BCUT2D eigenvalue weighted by molar-refractivity contribution is 5.38. The van der Waals surface area contributed by atoms with Crippen molar-refractivity contribution in [2.75, 3.05) is 0 Å². The average Bonchev–Trinajstić information content (AvgIpc) is 2.64. The first-order chi connectivity index (χ1) is 7.66. The fraction of sp³-hybridized carbons (Fsp3) is 0.667. The molecule has 0 radical (unpaired) electrons. The first-order valence-electron chi connectivity index (χ1n) is 5.31. The highest BCUT2D eigenvalue weighted by Gasteiger charge is 2.63. The van der Waals surface area contributed by atoms with Gasteiger partial charge in [-0.1, -0.05) is 13.3 Å². The molecule has 0 heterocycles. The molecule has 0 aromatic rings. The summed E-state index contributed by atoms with van der Waals surface area (Å²) in [6.07, 6.45) is 2.50. The molecule has 0 bridgehead atoms. The van der Waals surface area contributed by atoms with Crippen molar-refractivity contribution in [3.8, 4) is 24.3 Å². The van der Waals surface area contributed by atoms with Crippen molar-refractivity contribution in [2.45, 2.75) is 32.6 Å². The summed E-state index contributed by atoms with van der Waals surface area (Å²) in [5.74, 6) is -0.160. The molecule has 0 N–H and O–H groups in total. The molecular weight excluding hydrogens is 200 g/mol. The fourth-order valence-corrected chi connectivity index (χ4v) is 2.57. The van der Waals surface area contributed by atoms with E-state index in [2.05, 4.69) is 0 Å². The van der Waals surface area contributed by atoms with Crippen LogP contribution in [0.5, 0.6) is 0 Å². The summed E-state index contributed by atoms with van der Waals surface area (Å²) in [4.78, 5) is 0. The number of hydrogen-bond donors (Lipinski definition) is 0. The standard InChI is InChI=1S/C12H12N4/c1-2-3-10-4-5-11(6-13,7-14)12(10,8-15)9-16/h10H,2-5H2,1H3. The van der Waals surface area contributed by atoms with E-state index in [0.29, 0.717) is 19.3 Å². The Morgan fingerprint density at radius 1 is 1.06 bits per heavy atom. The van der Waals surface area contributed by atoms with Crippen LogP contribution in [0.15, 0.2) is 0 Å². The summed E-state index contributed by atoms with van der Waals surface area (Å²) < 4.78 is 0. The van der Waals surface area contributed by atoms with E-state index >= 15 is 0 Å². The summed E-state index contributed by atoms with van der Waals surface area (Å²) in [7, 11) is 0. The number of nitriles is 4. The molecule has 4 nitrogen and oxygen atoms in total. The average molecular weight is 212 g/mol. The van der Waals surface area contributed by atoms with Crippen LogP contribution in [0, 0.1) is 62.1 Å². The lowest BCUT2D eigenvalue weighted by Gasteiger charge is -2.27. The molecule has 0 aromatic carbocycles. The third-order valence-corrected chi connectivity index (χ3v) is 3.52. The minimum absolute atomic E-state index is 0.160. The Balaban J connectivity index is 3.31. The predicted molar refractivity (Wildman–Crippen MR) is 55.0 cm³/mol. The number of nitrogens with zero attached hydrogens (tertiary/aromatic N) is 4. The summed E-state index contributed by atoms with van der Waals surface area (Å²) in [6, 6.07) is 7.70. The molecule has 1 aliphatic rings. The minimum atomic E-state index is -1.45. The Labute approximate surface area is 95.3 Å². The van der Waals surface area contributed by atoms with E-state index in [1.54, 1.807) is 0 Å². The molecule has 0 saturated heterocycles. The van der Waals surface area contributed by atoms with Gasteiger partial charge in [0, 0.05) is 0 Å². The van der Waals surface area contributed by atoms with Gasteiger partial charge >= 0.3 is 0 Å². The molecular formula is C12H12N4. The van der Waals surface area contributed by atoms with E-state index < -0.39 is 10.8 Å². The predicted octanol–water partition coefficient (Wildman–Crippen LogP) is 2.26. The largest absolute Gasteiger partial charge is 0.196 e. The molecule has 0 aromatic heterocycles. The van der Waals surface area contributed by atoms with Crippen molar-refractivity contribution in [1.82, 2.24) is 0 Å². The van der Waals surface area contributed by atoms with Crippen molar-refractivity contribution in [2.24, 2.45) is 16.7 Å². The maximum atomic E-state index is 9.24. The third-order valence-electron chi connectivity index (χ3n) is 3.52. The highest BCUT2D eigenvalue weighted by atomic mass is 14.6. The van der Waals surface area contributed by atoms with Gasteiger partial charge in [-0.25, -0.2) is 0 Å². The second kappa shape index (κ2) is 4.22. The topological polar surface area (TPSA) is 95.2 Å². The number of rotatable bonds is 2. The zero-order valence-electron chi connectivity index (χ0n) is 9.19. The Morgan fingerprint density at radius 2 is 1.62 bits per heavy atom. The van der Waals surface area contributed by atoms with Crippen molar-refractivity contribution in [3.63, 3.8) is 0 Å². The summed E-state index contributed by atoms with van der Waals surface area (Å²) in [6.45, 7) is 1.97. The monoisotopic (exact) mass is 212 g/mol. The van der Waals surface area contributed by atoms with Crippen LogP contribution in [0.1, 0.15) is 32.6 Å². The van der Waals surface area contributed by atoms with E-state index in [-0.39, 0.29) is 5.92 Å². The van der Waals surface area contributed by atoms with Gasteiger partial charge in [0.2, 0.25) is 0 Å². The molecule has 1 unspecified atom stereocenters. The quantitative estimate of drug-likeness (QED) is 0.701.